The van der Waals surface area contributed by atoms with E-state index in [1.54, 1.807) is 30.1 Å². The Labute approximate surface area is 171 Å². The second kappa shape index (κ2) is 7.65. The number of aliphatic hydroxyl groups is 1. The summed E-state index contributed by atoms with van der Waals surface area (Å²) in [6.07, 6.45) is 1.40. The van der Waals surface area contributed by atoms with E-state index < -0.39 is 11.7 Å². The monoisotopic (exact) mass is 413 g/mol. The molecule has 148 valence electrons. The number of aliphatic hydroxyl groups excluding tert-OH is 1. The van der Waals surface area contributed by atoms with Crippen molar-refractivity contribution in [2.24, 2.45) is 0 Å². The molecule has 0 spiro atoms. The Kier molecular flexibility index (Phi) is 5.04. The largest absolute Gasteiger partial charge is 0.392 e. The number of amides is 1. The Morgan fingerprint density at radius 1 is 1.28 bits per heavy atom. The summed E-state index contributed by atoms with van der Waals surface area (Å²) < 4.78 is 14.3. The fourth-order valence-electron chi connectivity index (χ4n) is 3.16. The fourth-order valence-corrected chi connectivity index (χ4v) is 3.42. The summed E-state index contributed by atoms with van der Waals surface area (Å²) in [5, 5.41) is 12.5. The first-order valence-electron chi connectivity index (χ1n) is 8.79. The van der Waals surface area contributed by atoms with Crippen molar-refractivity contribution in [3.8, 4) is 0 Å². The van der Waals surface area contributed by atoms with Crippen LogP contribution in [0.4, 0.5) is 27.5 Å². The molecule has 1 amide bonds. The van der Waals surface area contributed by atoms with Gasteiger partial charge in [0.2, 0.25) is 5.95 Å². The molecular formula is C20H17ClFN5O2. The lowest BCUT2D eigenvalue weighted by Gasteiger charge is -2.35. The van der Waals surface area contributed by atoms with Crippen molar-refractivity contribution >= 4 is 40.6 Å². The number of hydrogen-bond donors (Lipinski definition) is 2. The van der Waals surface area contributed by atoms with E-state index in [1.165, 1.54) is 29.3 Å². The molecule has 2 heterocycles. The number of halogens is 2. The lowest BCUT2D eigenvalue weighted by atomic mass is 10.2. The number of hydrogen-bond acceptors (Lipinski definition) is 6. The van der Waals surface area contributed by atoms with Crippen LogP contribution in [0, 0.1) is 5.82 Å². The maximum Gasteiger partial charge on any atom is 0.265 e. The highest BCUT2D eigenvalue weighted by molar-refractivity contribution is 6.34. The zero-order valence-electron chi connectivity index (χ0n) is 15.4. The van der Waals surface area contributed by atoms with Gasteiger partial charge in [0.05, 0.1) is 18.3 Å². The zero-order chi connectivity index (χ0) is 20.5. The van der Waals surface area contributed by atoms with Crippen LogP contribution in [0.5, 0.6) is 0 Å². The lowest BCUT2D eigenvalue weighted by molar-refractivity contribution is 0.0981. The Hall–Kier alpha value is -3.23. The van der Waals surface area contributed by atoms with E-state index in [0.29, 0.717) is 17.5 Å². The summed E-state index contributed by atoms with van der Waals surface area (Å²) in [6, 6.07) is 11.5. The minimum absolute atomic E-state index is 0.0275. The van der Waals surface area contributed by atoms with Crippen molar-refractivity contribution in [2.75, 3.05) is 28.8 Å². The molecule has 4 rings (SSSR count). The molecule has 1 aliphatic rings. The number of carbonyl (C=O) groups excluding carboxylic acids is 1. The van der Waals surface area contributed by atoms with Crippen molar-refractivity contribution in [3.63, 3.8) is 0 Å². The van der Waals surface area contributed by atoms with Gasteiger partial charge in [-0.1, -0.05) is 29.8 Å². The van der Waals surface area contributed by atoms with Gasteiger partial charge in [0.1, 0.15) is 22.9 Å². The highest BCUT2D eigenvalue weighted by Crippen LogP contribution is 2.34. The van der Waals surface area contributed by atoms with Gasteiger partial charge in [-0.15, -0.1) is 0 Å². The van der Waals surface area contributed by atoms with Gasteiger partial charge >= 0.3 is 0 Å². The minimum Gasteiger partial charge on any atom is -0.392 e. The summed E-state index contributed by atoms with van der Waals surface area (Å²) in [5.74, 6) is -0.282. The molecule has 0 aliphatic carbocycles. The van der Waals surface area contributed by atoms with Crippen LogP contribution in [0.2, 0.25) is 5.02 Å². The van der Waals surface area contributed by atoms with Crippen molar-refractivity contribution in [1.29, 1.82) is 0 Å². The van der Waals surface area contributed by atoms with Gasteiger partial charge in [-0.25, -0.2) is 9.37 Å². The smallest absolute Gasteiger partial charge is 0.265 e. The SMILES string of the molecule is CN1CN(c2c(F)cccc2Cl)C(=O)c2cnc(Nc3cccc(CO)c3)nc21. The van der Waals surface area contributed by atoms with Gasteiger partial charge in [-0.2, -0.15) is 4.98 Å². The van der Waals surface area contributed by atoms with Crippen LogP contribution in [-0.4, -0.2) is 34.7 Å². The Morgan fingerprint density at radius 3 is 2.83 bits per heavy atom. The maximum absolute atomic E-state index is 14.3. The molecule has 1 aliphatic heterocycles. The molecule has 9 heteroatoms. The zero-order valence-corrected chi connectivity index (χ0v) is 16.2. The summed E-state index contributed by atoms with van der Waals surface area (Å²) in [6.45, 7) is 0.00911. The standard InChI is InChI=1S/C20H17ClFN5O2/c1-26-11-27(17-15(21)6-3-7-16(17)22)19(29)14-9-23-20(25-18(14)26)24-13-5-2-4-12(8-13)10-28/h2-9,28H,10-11H2,1H3,(H,23,24,25). The number of anilines is 4. The molecule has 0 radical (unpaired) electrons. The molecule has 0 atom stereocenters. The second-order valence-corrected chi connectivity index (χ2v) is 6.96. The molecule has 2 N–H and O–H groups in total. The number of nitrogens with zero attached hydrogens (tertiary/aromatic N) is 4. The molecule has 29 heavy (non-hydrogen) atoms. The number of aromatic nitrogens is 2. The Bertz CT molecular complexity index is 1070. The number of rotatable bonds is 4. The molecule has 0 bridgehead atoms. The third-order valence-electron chi connectivity index (χ3n) is 4.53. The number of nitrogens with one attached hydrogen (secondary N) is 1. The molecule has 3 aromatic rings. The summed E-state index contributed by atoms with van der Waals surface area (Å²) in [5.41, 5.74) is 1.73. The van der Waals surface area contributed by atoms with Crippen molar-refractivity contribution in [3.05, 3.63) is 70.6 Å². The van der Waals surface area contributed by atoms with Gasteiger partial charge in [-0.05, 0) is 29.8 Å². The number of benzene rings is 2. The molecule has 1 aromatic heterocycles. The molecule has 0 saturated heterocycles. The van der Waals surface area contributed by atoms with Crippen molar-refractivity contribution in [2.45, 2.75) is 6.61 Å². The Morgan fingerprint density at radius 2 is 2.07 bits per heavy atom. The topological polar surface area (TPSA) is 81.6 Å². The summed E-state index contributed by atoms with van der Waals surface area (Å²) in [4.78, 5) is 24.6. The van der Waals surface area contributed by atoms with Gasteiger partial charge in [0.25, 0.3) is 5.91 Å². The van der Waals surface area contributed by atoms with Gasteiger partial charge in [0, 0.05) is 18.9 Å². The van der Waals surface area contributed by atoms with E-state index in [0.717, 1.165) is 5.56 Å². The summed E-state index contributed by atoms with van der Waals surface area (Å²) >= 11 is 6.13. The van der Waals surface area contributed by atoms with E-state index in [2.05, 4.69) is 15.3 Å². The molecule has 0 saturated carbocycles. The van der Waals surface area contributed by atoms with Crippen LogP contribution < -0.4 is 15.1 Å². The highest BCUT2D eigenvalue weighted by Gasteiger charge is 2.33. The van der Waals surface area contributed by atoms with Crippen LogP contribution in [0.3, 0.4) is 0 Å². The molecular weight excluding hydrogens is 397 g/mol. The molecule has 0 fully saturated rings. The highest BCUT2D eigenvalue weighted by atomic mass is 35.5. The van der Waals surface area contributed by atoms with E-state index in [1.807, 2.05) is 6.07 Å². The van der Waals surface area contributed by atoms with Gasteiger partial charge < -0.3 is 15.3 Å². The first kappa shape index (κ1) is 19.1. The third-order valence-corrected chi connectivity index (χ3v) is 4.84. The summed E-state index contributed by atoms with van der Waals surface area (Å²) in [7, 11) is 1.75. The molecule has 7 nitrogen and oxygen atoms in total. The number of para-hydroxylation sites is 1. The average Bonchev–Trinajstić information content (AvgIpc) is 2.71. The second-order valence-electron chi connectivity index (χ2n) is 6.56. The fraction of sp³-hybridized carbons (Fsp3) is 0.150. The normalized spacial score (nSPS) is 13.4. The average molecular weight is 414 g/mol. The van der Waals surface area contributed by atoms with E-state index in [4.69, 9.17) is 11.6 Å². The molecule has 2 aromatic carbocycles. The van der Waals surface area contributed by atoms with Crippen LogP contribution >= 0.6 is 11.6 Å². The van der Waals surface area contributed by atoms with Gasteiger partial charge in [-0.3, -0.25) is 9.69 Å². The number of fused-ring (bicyclic) bond motifs is 1. The van der Waals surface area contributed by atoms with Gasteiger partial charge in [0.15, 0.2) is 0 Å². The van der Waals surface area contributed by atoms with E-state index in [9.17, 15) is 14.3 Å². The van der Waals surface area contributed by atoms with Crippen LogP contribution in [-0.2, 0) is 6.61 Å². The van der Waals surface area contributed by atoms with E-state index >= 15 is 0 Å². The molecule has 0 unspecified atom stereocenters. The van der Waals surface area contributed by atoms with Crippen LogP contribution in [0.15, 0.2) is 48.7 Å². The van der Waals surface area contributed by atoms with Crippen molar-refractivity contribution < 1.29 is 14.3 Å². The Balaban J connectivity index is 1.66. The predicted octanol–water partition coefficient (Wildman–Crippen LogP) is 3.56. The first-order valence-corrected chi connectivity index (χ1v) is 9.16. The predicted molar refractivity (Wildman–Crippen MR) is 109 cm³/mol. The third kappa shape index (κ3) is 3.59. The van der Waals surface area contributed by atoms with Crippen molar-refractivity contribution in [1.82, 2.24) is 9.97 Å². The number of carbonyl (C=O) groups is 1. The van der Waals surface area contributed by atoms with E-state index in [-0.39, 0.29) is 29.5 Å². The lowest BCUT2D eigenvalue weighted by Crippen LogP contribution is -2.46. The van der Waals surface area contributed by atoms with Crippen LogP contribution in [0.1, 0.15) is 15.9 Å². The first-order chi connectivity index (χ1) is 14.0. The quantitative estimate of drug-likeness (QED) is 0.680. The van der Waals surface area contributed by atoms with Crippen LogP contribution in [0.25, 0.3) is 0 Å². The minimum atomic E-state index is -0.578. The maximum atomic E-state index is 14.3.